The minimum Gasteiger partial charge on any atom is -0.453 e. The second kappa shape index (κ2) is 9.60. The smallest absolute Gasteiger partial charge is 0.191 e. The van der Waals surface area contributed by atoms with E-state index in [2.05, 4.69) is 44.8 Å². The number of halogens is 2. The first-order valence-corrected chi connectivity index (χ1v) is 15.6. The number of nitrogens with one attached hydrogen (secondary N) is 1. The summed E-state index contributed by atoms with van der Waals surface area (Å²) in [6, 6.07) is 7.70. The molecule has 2 aromatic carbocycles. The Morgan fingerprint density at radius 1 is 1.06 bits per heavy atom. The van der Waals surface area contributed by atoms with E-state index in [0.717, 1.165) is 11.6 Å². The van der Waals surface area contributed by atoms with Crippen LogP contribution in [0.1, 0.15) is 5.82 Å². The summed E-state index contributed by atoms with van der Waals surface area (Å²) in [5.41, 5.74) is 3.30. The summed E-state index contributed by atoms with van der Waals surface area (Å²) >= 11 is 6.64. The van der Waals surface area contributed by atoms with Gasteiger partial charge in [-0.3, -0.25) is 10.1 Å². The average Bonchev–Trinajstić information content (AvgIpc) is 3.48. The van der Waals surface area contributed by atoms with Crippen LogP contribution in [0, 0.1) is 12.7 Å². The van der Waals surface area contributed by atoms with Gasteiger partial charge in [-0.1, -0.05) is 31.2 Å². The van der Waals surface area contributed by atoms with Crippen molar-refractivity contribution in [3.8, 4) is 22.8 Å². The van der Waals surface area contributed by atoms with Crippen LogP contribution in [-0.2, 0) is 11.5 Å². The highest BCUT2D eigenvalue weighted by Crippen LogP contribution is 2.37. The molecule has 0 unspecified atom stereocenters. The van der Waals surface area contributed by atoms with Crippen molar-refractivity contribution in [1.29, 1.82) is 0 Å². The minimum absolute atomic E-state index is 0.0333. The molecule has 0 aliphatic heterocycles. The zero-order valence-corrected chi connectivity index (χ0v) is 22.2. The Morgan fingerprint density at radius 3 is 2.58 bits per heavy atom. The van der Waals surface area contributed by atoms with Gasteiger partial charge in [0.1, 0.15) is 34.4 Å². The molecule has 5 rings (SSSR count). The molecule has 5 aromatic rings. The first-order valence-electron chi connectivity index (χ1n) is 11.6. The lowest BCUT2D eigenvalue weighted by molar-refractivity contribution is 0.0881. The highest BCUT2D eigenvalue weighted by molar-refractivity contribution is 6.76. The summed E-state index contributed by atoms with van der Waals surface area (Å²) in [5.74, 6) is 0.442. The fourth-order valence-electron chi connectivity index (χ4n) is 3.80. The molecule has 36 heavy (non-hydrogen) atoms. The van der Waals surface area contributed by atoms with E-state index in [0.29, 0.717) is 40.2 Å². The summed E-state index contributed by atoms with van der Waals surface area (Å²) < 4.78 is 29.3. The number of hydrogen-bond acceptors (Lipinski definition) is 6. The lowest BCUT2D eigenvalue weighted by atomic mass is 10.2. The van der Waals surface area contributed by atoms with Crippen LogP contribution in [0.4, 0.5) is 4.39 Å². The normalized spacial score (nSPS) is 12.1. The molecule has 3 aromatic heterocycles. The maximum Gasteiger partial charge on any atom is 0.191 e. The number of imidazole rings is 1. The molecule has 0 fully saturated rings. The van der Waals surface area contributed by atoms with E-state index in [1.54, 1.807) is 47.4 Å². The molecule has 3 heterocycles. The van der Waals surface area contributed by atoms with Crippen LogP contribution < -0.4 is 4.74 Å². The predicted octanol–water partition coefficient (Wildman–Crippen LogP) is 6.58. The zero-order chi connectivity index (χ0) is 25.4. The fraction of sp³-hybridized carbons (Fsp3) is 0.280. The van der Waals surface area contributed by atoms with Gasteiger partial charge in [0.05, 0.1) is 29.1 Å². The Bertz CT molecular complexity index is 1550. The van der Waals surface area contributed by atoms with Gasteiger partial charge in [0.25, 0.3) is 0 Å². The maximum absolute atomic E-state index is 15.7. The van der Waals surface area contributed by atoms with Gasteiger partial charge in [-0.2, -0.15) is 5.10 Å². The maximum atomic E-state index is 15.7. The highest BCUT2D eigenvalue weighted by Gasteiger charge is 2.19. The van der Waals surface area contributed by atoms with Crippen molar-refractivity contribution < 1.29 is 13.9 Å². The van der Waals surface area contributed by atoms with Crippen LogP contribution >= 0.6 is 11.6 Å². The van der Waals surface area contributed by atoms with Crippen molar-refractivity contribution in [3.05, 3.63) is 59.5 Å². The van der Waals surface area contributed by atoms with Crippen molar-refractivity contribution in [2.75, 3.05) is 6.61 Å². The van der Waals surface area contributed by atoms with E-state index < -0.39 is 13.9 Å². The van der Waals surface area contributed by atoms with Gasteiger partial charge in [0.15, 0.2) is 11.6 Å². The Kier molecular flexibility index (Phi) is 6.50. The second-order valence-electron chi connectivity index (χ2n) is 9.77. The Hall–Kier alpha value is -3.34. The number of hydrogen-bond donors (Lipinski definition) is 1. The molecule has 1 N–H and O–H groups in total. The molecule has 0 saturated heterocycles. The van der Waals surface area contributed by atoms with Gasteiger partial charge in [-0.15, -0.1) is 0 Å². The third-order valence-corrected chi connectivity index (χ3v) is 7.92. The largest absolute Gasteiger partial charge is 0.453 e. The molecule has 11 heteroatoms. The topological polar surface area (TPSA) is 90.7 Å². The molecule has 0 saturated carbocycles. The number of ether oxygens (including phenoxy) is 2. The van der Waals surface area contributed by atoms with E-state index in [-0.39, 0.29) is 23.3 Å². The summed E-state index contributed by atoms with van der Waals surface area (Å²) in [7, 11) is -1.22. The number of aryl methyl sites for hydroxylation is 1. The molecule has 0 aliphatic carbocycles. The molecule has 0 aliphatic rings. The lowest BCUT2D eigenvalue weighted by Crippen LogP contribution is -2.22. The number of aromatic nitrogens is 6. The van der Waals surface area contributed by atoms with Crippen LogP contribution in [0.5, 0.6) is 11.5 Å². The molecule has 0 amide bonds. The third-order valence-electron chi connectivity index (χ3n) is 5.85. The van der Waals surface area contributed by atoms with Gasteiger partial charge < -0.3 is 14.0 Å². The molecule has 0 spiro atoms. The Labute approximate surface area is 213 Å². The predicted molar refractivity (Wildman–Crippen MR) is 141 cm³/mol. The van der Waals surface area contributed by atoms with E-state index in [1.807, 2.05) is 6.92 Å². The van der Waals surface area contributed by atoms with Gasteiger partial charge >= 0.3 is 0 Å². The molecule has 0 radical (unpaired) electrons. The van der Waals surface area contributed by atoms with Crippen LogP contribution in [0.3, 0.4) is 0 Å². The van der Waals surface area contributed by atoms with Crippen molar-refractivity contribution in [2.45, 2.75) is 39.3 Å². The Morgan fingerprint density at radius 2 is 1.83 bits per heavy atom. The minimum atomic E-state index is -1.22. The first kappa shape index (κ1) is 24.4. The van der Waals surface area contributed by atoms with Crippen LogP contribution in [0.2, 0.25) is 30.7 Å². The Balaban J connectivity index is 1.46. The SMILES string of the molecule is Cc1nc2ccc(Oc3ccc4ncc(-c5cn[nH]c5)nc4c3Cl)c(F)c2n1COCC[Si](C)(C)C. The van der Waals surface area contributed by atoms with Gasteiger partial charge in [-0.05, 0) is 37.2 Å². The van der Waals surface area contributed by atoms with E-state index >= 15 is 4.39 Å². The number of benzene rings is 2. The molecule has 0 atom stereocenters. The van der Waals surface area contributed by atoms with E-state index in [9.17, 15) is 0 Å². The first-order chi connectivity index (χ1) is 17.2. The van der Waals surface area contributed by atoms with Crippen molar-refractivity contribution in [3.63, 3.8) is 0 Å². The number of H-pyrrole nitrogens is 1. The monoisotopic (exact) mass is 524 g/mol. The lowest BCUT2D eigenvalue weighted by Gasteiger charge is -2.16. The van der Waals surface area contributed by atoms with Gasteiger partial charge in [0.2, 0.25) is 0 Å². The van der Waals surface area contributed by atoms with Crippen molar-refractivity contribution >= 4 is 41.7 Å². The highest BCUT2D eigenvalue weighted by atomic mass is 35.5. The van der Waals surface area contributed by atoms with Gasteiger partial charge in [-0.25, -0.2) is 14.4 Å². The molecule has 0 bridgehead atoms. The zero-order valence-electron chi connectivity index (χ0n) is 20.5. The molecular weight excluding hydrogens is 499 g/mol. The van der Waals surface area contributed by atoms with Crippen molar-refractivity contribution in [1.82, 2.24) is 29.7 Å². The van der Waals surface area contributed by atoms with Crippen LogP contribution in [0.15, 0.2) is 42.9 Å². The second-order valence-corrected chi connectivity index (χ2v) is 15.8. The summed E-state index contributed by atoms with van der Waals surface area (Å²) in [5, 5.41) is 6.94. The number of aromatic amines is 1. The number of nitrogens with zero attached hydrogens (tertiary/aromatic N) is 5. The van der Waals surface area contributed by atoms with Crippen molar-refractivity contribution in [2.24, 2.45) is 0 Å². The standard InChI is InChI=1S/C25H26ClFN6O2Si/c1-15-31-18-6-8-21(23(27)25(18)33(15)14-34-9-10-36(2,3)4)35-20-7-5-17-24(22(20)26)32-19(13-28-17)16-11-29-30-12-16/h5-8,11-13H,9-10,14H2,1-4H3,(H,29,30). The molecule has 8 nitrogen and oxygen atoms in total. The third kappa shape index (κ3) is 4.84. The van der Waals surface area contributed by atoms with E-state index in [4.69, 9.17) is 21.1 Å². The van der Waals surface area contributed by atoms with Gasteiger partial charge in [0, 0.05) is 26.4 Å². The average molecular weight is 525 g/mol. The quantitative estimate of drug-likeness (QED) is 0.182. The number of fused-ring (bicyclic) bond motifs is 2. The number of rotatable bonds is 8. The van der Waals surface area contributed by atoms with E-state index in [1.165, 1.54) is 0 Å². The fourth-order valence-corrected chi connectivity index (χ4v) is 4.80. The molecule has 186 valence electrons. The summed E-state index contributed by atoms with van der Waals surface area (Å²) in [4.78, 5) is 13.5. The summed E-state index contributed by atoms with van der Waals surface area (Å²) in [6.45, 7) is 9.55. The molecular formula is C25H26ClFN6O2Si. The summed E-state index contributed by atoms with van der Waals surface area (Å²) in [6.07, 6.45) is 5.01. The van der Waals surface area contributed by atoms with Crippen LogP contribution in [-0.4, -0.2) is 44.4 Å². The van der Waals surface area contributed by atoms with Crippen LogP contribution in [0.25, 0.3) is 33.3 Å².